The molecule has 2 aromatic rings. The maximum atomic E-state index is 12.4. The first-order valence-corrected chi connectivity index (χ1v) is 8.25. The topological polar surface area (TPSA) is 70.6 Å². The Hall–Kier alpha value is -2.47. The largest absolute Gasteiger partial charge is 0.355 e. The Kier molecular flexibility index (Phi) is 4.52. The van der Waals surface area contributed by atoms with Crippen molar-refractivity contribution < 1.29 is 9.59 Å². The highest BCUT2D eigenvalue weighted by molar-refractivity contribution is 7.12. The molecule has 23 heavy (non-hydrogen) atoms. The molecule has 0 bridgehead atoms. The smallest absolute Gasteiger partial charge is 0.253 e. The summed E-state index contributed by atoms with van der Waals surface area (Å²) in [6.45, 7) is 2.30. The molecular weight excluding hydrogens is 310 g/mol. The Morgan fingerprint density at radius 3 is 2.74 bits per heavy atom. The number of hydrogen-bond acceptors (Lipinski definition) is 4. The second-order valence-electron chi connectivity index (χ2n) is 5.39. The first-order valence-electron chi connectivity index (χ1n) is 7.37. The van der Waals surface area contributed by atoms with Gasteiger partial charge in [-0.25, -0.2) is 5.43 Å². The van der Waals surface area contributed by atoms with E-state index in [0.29, 0.717) is 6.54 Å². The van der Waals surface area contributed by atoms with Gasteiger partial charge in [0.1, 0.15) is 5.92 Å². The molecule has 0 unspecified atom stereocenters. The number of hydrazone groups is 1. The van der Waals surface area contributed by atoms with E-state index in [9.17, 15) is 9.59 Å². The van der Waals surface area contributed by atoms with Crippen LogP contribution in [0.25, 0.3) is 0 Å². The van der Waals surface area contributed by atoms with Crippen molar-refractivity contribution in [2.75, 3.05) is 6.54 Å². The third-order valence-corrected chi connectivity index (χ3v) is 4.88. The lowest BCUT2D eigenvalue weighted by Gasteiger charge is -2.15. The van der Waals surface area contributed by atoms with Crippen molar-refractivity contribution in [3.05, 3.63) is 58.3 Å². The molecule has 2 heterocycles. The van der Waals surface area contributed by atoms with E-state index in [-0.39, 0.29) is 17.7 Å². The zero-order valence-electron chi connectivity index (χ0n) is 12.7. The Morgan fingerprint density at radius 1 is 1.26 bits per heavy atom. The third-order valence-electron chi connectivity index (χ3n) is 3.90. The van der Waals surface area contributed by atoms with E-state index in [1.165, 1.54) is 0 Å². The zero-order chi connectivity index (χ0) is 16.2. The summed E-state index contributed by atoms with van der Waals surface area (Å²) in [6.07, 6.45) is 0. The molecule has 0 spiro atoms. The van der Waals surface area contributed by atoms with Crippen LogP contribution in [0, 0.1) is 5.92 Å². The van der Waals surface area contributed by atoms with Gasteiger partial charge in [0.25, 0.3) is 5.91 Å². The fourth-order valence-electron chi connectivity index (χ4n) is 2.68. The van der Waals surface area contributed by atoms with Gasteiger partial charge in [0.15, 0.2) is 0 Å². The normalized spacial score (nSPS) is 21.1. The monoisotopic (exact) mass is 327 g/mol. The van der Waals surface area contributed by atoms with Crippen molar-refractivity contribution in [3.8, 4) is 0 Å². The highest BCUT2D eigenvalue weighted by atomic mass is 32.1. The minimum absolute atomic E-state index is 0.166. The van der Waals surface area contributed by atoms with Crippen molar-refractivity contribution in [2.45, 2.75) is 12.8 Å². The molecule has 118 valence electrons. The first-order chi connectivity index (χ1) is 11.2. The number of hydrogen-bond donors (Lipinski definition) is 2. The van der Waals surface area contributed by atoms with Crippen LogP contribution in [0.5, 0.6) is 0 Å². The summed E-state index contributed by atoms with van der Waals surface area (Å²) in [5.41, 5.74) is 4.24. The molecule has 1 aliphatic rings. The van der Waals surface area contributed by atoms with Crippen LogP contribution in [0.1, 0.15) is 23.3 Å². The molecule has 1 aromatic heterocycles. The van der Waals surface area contributed by atoms with E-state index in [4.69, 9.17) is 0 Å². The minimum atomic E-state index is -0.753. The maximum Gasteiger partial charge on any atom is 0.253 e. The van der Waals surface area contributed by atoms with Crippen LogP contribution in [0.4, 0.5) is 0 Å². The van der Waals surface area contributed by atoms with Gasteiger partial charge in [-0.1, -0.05) is 36.4 Å². The molecule has 1 fully saturated rings. The lowest BCUT2D eigenvalue weighted by molar-refractivity contribution is -0.133. The van der Waals surface area contributed by atoms with Crippen LogP contribution in [-0.4, -0.2) is 24.1 Å². The molecule has 1 aromatic carbocycles. The van der Waals surface area contributed by atoms with Gasteiger partial charge in [0.05, 0.1) is 5.71 Å². The molecule has 6 heteroatoms. The number of nitrogens with one attached hydrogen (secondary N) is 2. The van der Waals surface area contributed by atoms with Crippen molar-refractivity contribution >= 4 is 28.9 Å². The molecule has 2 amide bonds. The number of benzene rings is 1. The molecule has 1 saturated heterocycles. The van der Waals surface area contributed by atoms with Gasteiger partial charge in [-0.05, 0) is 23.9 Å². The number of carbonyl (C=O) groups is 2. The summed E-state index contributed by atoms with van der Waals surface area (Å²) in [5, 5.41) is 8.84. The molecule has 0 aliphatic carbocycles. The molecule has 1 aliphatic heterocycles. The summed E-state index contributed by atoms with van der Waals surface area (Å²) in [5.74, 6) is -1.54. The quantitative estimate of drug-likeness (QED) is 0.513. The van der Waals surface area contributed by atoms with Gasteiger partial charge >= 0.3 is 0 Å². The van der Waals surface area contributed by atoms with E-state index in [1.807, 2.05) is 54.8 Å². The molecular formula is C17H17N3O2S. The Balaban J connectivity index is 1.74. The Morgan fingerprint density at radius 2 is 2.04 bits per heavy atom. The molecule has 3 rings (SSSR count). The number of rotatable bonds is 4. The van der Waals surface area contributed by atoms with Gasteiger partial charge in [0, 0.05) is 17.3 Å². The number of thiophene rings is 1. The maximum absolute atomic E-state index is 12.4. The van der Waals surface area contributed by atoms with Crippen LogP contribution in [0.2, 0.25) is 0 Å². The number of nitrogens with zero attached hydrogens (tertiary/aromatic N) is 1. The zero-order valence-corrected chi connectivity index (χ0v) is 13.5. The SMILES string of the molecule is C/C(=N\NC(=O)[C@@H]1C(=O)NC[C@H]1c1ccccc1)c1cccs1. The number of amides is 2. The van der Waals surface area contributed by atoms with Gasteiger partial charge < -0.3 is 5.32 Å². The Bertz CT molecular complexity index is 726. The average molecular weight is 327 g/mol. The summed E-state index contributed by atoms with van der Waals surface area (Å²) in [4.78, 5) is 25.5. The van der Waals surface area contributed by atoms with Crippen LogP contribution >= 0.6 is 11.3 Å². The molecule has 0 saturated carbocycles. The van der Waals surface area contributed by atoms with Crippen molar-refractivity contribution in [1.82, 2.24) is 10.7 Å². The lowest BCUT2D eigenvalue weighted by atomic mass is 9.88. The Labute approximate surface area is 138 Å². The van der Waals surface area contributed by atoms with E-state index in [0.717, 1.165) is 16.2 Å². The predicted molar refractivity (Wildman–Crippen MR) is 90.4 cm³/mol. The highest BCUT2D eigenvalue weighted by Gasteiger charge is 2.40. The van der Waals surface area contributed by atoms with Gasteiger partial charge in [0.2, 0.25) is 5.91 Å². The van der Waals surface area contributed by atoms with Crippen LogP contribution in [0.3, 0.4) is 0 Å². The standard InChI is InChI=1S/C17H17N3O2S/c1-11(14-8-5-9-23-14)19-20-17(22)15-13(10-18-16(15)21)12-6-3-2-4-7-12/h2-9,13,15H,10H2,1H3,(H,18,21)(H,20,22)/b19-11+/t13-,15-/m0/s1. The number of carbonyl (C=O) groups excluding carboxylic acids is 2. The first kappa shape index (κ1) is 15.4. The fraction of sp³-hybridized carbons (Fsp3) is 0.235. The van der Waals surface area contributed by atoms with Gasteiger partial charge in [-0.3, -0.25) is 9.59 Å². The summed E-state index contributed by atoms with van der Waals surface area (Å²) < 4.78 is 0. The molecule has 0 radical (unpaired) electrons. The summed E-state index contributed by atoms with van der Waals surface area (Å²) in [6, 6.07) is 13.5. The fourth-order valence-corrected chi connectivity index (χ4v) is 3.36. The third kappa shape index (κ3) is 3.32. The molecule has 5 nitrogen and oxygen atoms in total. The van der Waals surface area contributed by atoms with Gasteiger partial charge in [-0.15, -0.1) is 11.3 Å². The molecule has 2 N–H and O–H groups in total. The van der Waals surface area contributed by atoms with Crippen molar-refractivity contribution in [1.29, 1.82) is 0 Å². The summed E-state index contributed by atoms with van der Waals surface area (Å²) >= 11 is 1.55. The second kappa shape index (κ2) is 6.75. The van der Waals surface area contributed by atoms with Crippen molar-refractivity contribution in [3.63, 3.8) is 0 Å². The van der Waals surface area contributed by atoms with E-state index in [2.05, 4.69) is 15.8 Å². The van der Waals surface area contributed by atoms with E-state index < -0.39 is 5.92 Å². The second-order valence-corrected chi connectivity index (χ2v) is 6.34. The predicted octanol–water partition coefficient (Wildman–Crippen LogP) is 2.12. The van der Waals surface area contributed by atoms with E-state index >= 15 is 0 Å². The van der Waals surface area contributed by atoms with Crippen LogP contribution < -0.4 is 10.7 Å². The van der Waals surface area contributed by atoms with E-state index in [1.54, 1.807) is 11.3 Å². The highest BCUT2D eigenvalue weighted by Crippen LogP contribution is 2.29. The minimum Gasteiger partial charge on any atom is -0.355 e. The van der Waals surface area contributed by atoms with Gasteiger partial charge in [-0.2, -0.15) is 5.10 Å². The molecule has 2 atom stereocenters. The van der Waals surface area contributed by atoms with Crippen molar-refractivity contribution in [2.24, 2.45) is 11.0 Å². The lowest BCUT2D eigenvalue weighted by Crippen LogP contribution is -2.35. The summed E-state index contributed by atoms with van der Waals surface area (Å²) in [7, 11) is 0. The van der Waals surface area contributed by atoms with Crippen LogP contribution in [0.15, 0.2) is 52.9 Å². The van der Waals surface area contributed by atoms with Crippen LogP contribution in [-0.2, 0) is 9.59 Å². The average Bonchev–Trinajstić information content (AvgIpc) is 3.23.